The highest BCUT2D eigenvalue weighted by atomic mass is 16.2. The summed E-state index contributed by atoms with van der Waals surface area (Å²) in [5.41, 5.74) is 2.86. The predicted octanol–water partition coefficient (Wildman–Crippen LogP) is 2.58. The van der Waals surface area contributed by atoms with Crippen LogP contribution in [0.25, 0.3) is 0 Å². The molecule has 0 atom stereocenters. The Labute approximate surface area is 107 Å². The molecule has 0 saturated heterocycles. The van der Waals surface area contributed by atoms with E-state index in [4.69, 9.17) is 0 Å². The molecule has 1 saturated carbocycles. The minimum absolute atomic E-state index is 0.0576. The summed E-state index contributed by atoms with van der Waals surface area (Å²) in [6.45, 7) is 2.36. The zero-order chi connectivity index (χ0) is 12.7. The van der Waals surface area contributed by atoms with Crippen LogP contribution in [0.5, 0.6) is 0 Å². The second-order valence-electron chi connectivity index (χ2n) is 5.27. The van der Waals surface area contributed by atoms with Crippen molar-refractivity contribution in [3.8, 4) is 0 Å². The van der Waals surface area contributed by atoms with E-state index in [-0.39, 0.29) is 17.6 Å². The molecule has 0 spiro atoms. The van der Waals surface area contributed by atoms with Gasteiger partial charge in [0.1, 0.15) is 0 Å². The number of aryl methyl sites for hydroxylation is 1. The van der Waals surface area contributed by atoms with E-state index in [1.54, 1.807) is 6.92 Å². The Morgan fingerprint density at radius 3 is 2.72 bits per heavy atom. The maximum absolute atomic E-state index is 12.2. The summed E-state index contributed by atoms with van der Waals surface area (Å²) in [7, 11) is 0. The minimum atomic E-state index is 0.0576. The molecule has 3 heteroatoms. The predicted molar refractivity (Wildman–Crippen MR) is 69.8 cm³/mol. The lowest BCUT2D eigenvalue weighted by Gasteiger charge is -2.30. The third-order valence-electron chi connectivity index (χ3n) is 3.80. The molecular formula is C15H17NO2. The highest BCUT2D eigenvalue weighted by Crippen LogP contribution is 2.36. The second-order valence-corrected chi connectivity index (χ2v) is 5.27. The summed E-state index contributed by atoms with van der Waals surface area (Å²) in [6, 6.07) is 5.75. The fourth-order valence-corrected chi connectivity index (χ4v) is 2.57. The van der Waals surface area contributed by atoms with Crippen LogP contribution in [-0.2, 0) is 11.2 Å². The van der Waals surface area contributed by atoms with Crippen LogP contribution in [0.1, 0.15) is 42.1 Å². The Hall–Kier alpha value is -1.64. The van der Waals surface area contributed by atoms with E-state index in [1.807, 2.05) is 23.1 Å². The molecular weight excluding hydrogens is 226 g/mol. The number of anilines is 1. The maximum Gasteiger partial charge on any atom is 0.230 e. The zero-order valence-electron chi connectivity index (χ0n) is 10.6. The standard InChI is InChI=1S/C15H17NO2/c1-10(17)13-7-4-11-3-2-8-16(14(11)9-13)15(18)12-5-6-12/h4,7,9,12H,2-3,5-6,8H2,1H3. The van der Waals surface area contributed by atoms with Gasteiger partial charge in [-0.1, -0.05) is 12.1 Å². The van der Waals surface area contributed by atoms with E-state index in [2.05, 4.69) is 0 Å². The van der Waals surface area contributed by atoms with Gasteiger partial charge in [0.25, 0.3) is 0 Å². The molecule has 2 aliphatic rings. The van der Waals surface area contributed by atoms with Crippen LogP contribution in [-0.4, -0.2) is 18.2 Å². The van der Waals surface area contributed by atoms with Crippen molar-refractivity contribution in [1.82, 2.24) is 0 Å². The monoisotopic (exact) mass is 243 g/mol. The summed E-state index contributed by atoms with van der Waals surface area (Å²) in [5, 5.41) is 0. The van der Waals surface area contributed by atoms with Crippen LogP contribution >= 0.6 is 0 Å². The Bertz CT molecular complexity index is 517. The van der Waals surface area contributed by atoms with Crippen LogP contribution in [0.3, 0.4) is 0 Å². The van der Waals surface area contributed by atoms with Gasteiger partial charge < -0.3 is 4.90 Å². The SMILES string of the molecule is CC(=O)c1ccc2c(c1)N(C(=O)C1CC1)CCC2. The molecule has 1 aromatic carbocycles. The lowest BCUT2D eigenvalue weighted by molar-refractivity contribution is -0.119. The van der Waals surface area contributed by atoms with Gasteiger partial charge in [-0.05, 0) is 44.2 Å². The van der Waals surface area contributed by atoms with E-state index < -0.39 is 0 Å². The van der Waals surface area contributed by atoms with Gasteiger partial charge in [0.05, 0.1) is 0 Å². The van der Waals surface area contributed by atoms with Gasteiger partial charge in [-0.3, -0.25) is 9.59 Å². The fraction of sp³-hybridized carbons (Fsp3) is 0.467. The Morgan fingerprint density at radius 1 is 1.28 bits per heavy atom. The average molecular weight is 243 g/mol. The number of carbonyl (C=O) groups excluding carboxylic acids is 2. The molecule has 1 fully saturated rings. The second kappa shape index (κ2) is 4.23. The van der Waals surface area contributed by atoms with Crippen molar-refractivity contribution in [3.63, 3.8) is 0 Å². The fourth-order valence-electron chi connectivity index (χ4n) is 2.57. The number of nitrogens with zero attached hydrogens (tertiary/aromatic N) is 1. The third kappa shape index (κ3) is 1.94. The van der Waals surface area contributed by atoms with Gasteiger partial charge in [-0.15, -0.1) is 0 Å². The van der Waals surface area contributed by atoms with Gasteiger partial charge in [0, 0.05) is 23.7 Å². The highest BCUT2D eigenvalue weighted by molar-refractivity contribution is 6.00. The quantitative estimate of drug-likeness (QED) is 0.749. The molecule has 0 radical (unpaired) electrons. The third-order valence-corrected chi connectivity index (χ3v) is 3.80. The number of hydrogen-bond acceptors (Lipinski definition) is 2. The van der Waals surface area contributed by atoms with Crippen molar-refractivity contribution >= 4 is 17.4 Å². The number of carbonyl (C=O) groups is 2. The summed E-state index contributed by atoms with van der Waals surface area (Å²) >= 11 is 0. The summed E-state index contributed by atoms with van der Waals surface area (Å²) in [6.07, 6.45) is 4.07. The number of ketones is 1. The topological polar surface area (TPSA) is 37.4 Å². The van der Waals surface area contributed by atoms with Crippen LogP contribution in [0.2, 0.25) is 0 Å². The first kappa shape index (κ1) is 11.5. The molecule has 1 aliphatic heterocycles. The largest absolute Gasteiger partial charge is 0.312 e. The first-order valence-corrected chi connectivity index (χ1v) is 6.62. The van der Waals surface area contributed by atoms with E-state index in [1.165, 1.54) is 5.56 Å². The molecule has 0 N–H and O–H groups in total. The summed E-state index contributed by atoms with van der Waals surface area (Å²) in [5.74, 6) is 0.538. The van der Waals surface area contributed by atoms with Crippen molar-refractivity contribution in [1.29, 1.82) is 0 Å². The Morgan fingerprint density at radius 2 is 2.06 bits per heavy atom. The number of benzene rings is 1. The van der Waals surface area contributed by atoms with E-state index in [0.29, 0.717) is 5.56 Å². The molecule has 3 rings (SSSR count). The van der Waals surface area contributed by atoms with Crippen molar-refractivity contribution in [2.24, 2.45) is 5.92 Å². The van der Waals surface area contributed by atoms with E-state index >= 15 is 0 Å². The lowest BCUT2D eigenvalue weighted by Crippen LogP contribution is -2.36. The minimum Gasteiger partial charge on any atom is -0.312 e. The molecule has 3 nitrogen and oxygen atoms in total. The molecule has 94 valence electrons. The van der Waals surface area contributed by atoms with E-state index in [0.717, 1.165) is 37.9 Å². The Balaban J connectivity index is 1.99. The van der Waals surface area contributed by atoms with Crippen LogP contribution in [0.4, 0.5) is 5.69 Å². The number of fused-ring (bicyclic) bond motifs is 1. The van der Waals surface area contributed by atoms with Gasteiger partial charge in [0.15, 0.2) is 5.78 Å². The van der Waals surface area contributed by atoms with Crippen LogP contribution in [0, 0.1) is 5.92 Å². The van der Waals surface area contributed by atoms with Crippen molar-refractivity contribution in [3.05, 3.63) is 29.3 Å². The average Bonchev–Trinajstić information content (AvgIpc) is 3.20. The van der Waals surface area contributed by atoms with Crippen molar-refractivity contribution in [2.45, 2.75) is 32.6 Å². The number of Topliss-reactive ketones (excluding diaryl/α,β-unsaturated/α-hetero) is 1. The Kier molecular flexibility index (Phi) is 2.69. The van der Waals surface area contributed by atoms with Gasteiger partial charge in [0.2, 0.25) is 5.91 Å². The molecule has 1 aromatic rings. The van der Waals surface area contributed by atoms with E-state index in [9.17, 15) is 9.59 Å². The molecule has 1 aliphatic carbocycles. The summed E-state index contributed by atoms with van der Waals surface area (Å²) in [4.78, 5) is 25.6. The molecule has 0 bridgehead atoms. The molecule has 1 amide bonds. The number of hydrogen-bond donors (Lipinski definition) is 0. The van der Waals surface area contributed by atoms with Crippen LogP contribution < -0.4 is 4.90 Å². The summed E-state index contributed by atoms with van der Waals surface area (Å²) < 4.78 is 0. The zero-order valence-corrected chi connectivity index (χ0v) is 10.6. The number of rotatable bonds is 2. The molecule has 0 aromatic heterocycles. The first-order valence-electron chi connectivity index (χ1n) is 6.62. The first-order chi connectivity index (χ1) is 8.66. The van der Waals surface area contributed by atoms with Crippen LogP contribution in [0.15, 0.2) is 18.2 Å². The van der Waals surface area contributed by atoms with Gasteiger partial charge in [-0.2, -0.15) is 0 Å². The normalized spacial score (nSPS) is 18.4. The van der Waals surface area contributed by atoms with Crippen molar-refractivity contribution in [2.75, 3.05) is 11.4 Å². The van der Waals surface area contributed by atoms with Gasteiger partial charge >= 0.3 is 0 Å². The maximum atomic E-state index is 12.2. The van der Waals surface area contributed by atoms with Crippen molar-refractivity contribution < 1.29 is 9.59 Å². The molecule has 0 unspecified atom stereocenters. The smallest absolute Gasteiger partial charge is 0.230 e. The van der Waals surface area contributed by atoms with Gasteiger partial charge in [-0.25, -0.2) is 0 Å². The molecule has 1 heterocycles. The highest BCUT2D eigenvalue weighted by Gasteiger charge is 2.35. The number of amides is 1. The lowest BCUT2D eigenvalue weighted by atomic mass is 9.98. The molecule has 18 heavy (non-hydrogen) atoms.